The first-order valence-electron chi connectivity index (χ1n) is 6.92. The van der Waals surface area contributed by atoms with Gasteiger partial charge < -0.3 is 9.64 Å². The maximum atomic E-state index is 12.3. The van der Waals surface area contributed by atoms with E-state index in [4.69, 9.17) is 4.74 Å². The lowest BCUT2D eigenvalue weighted by Gasteiger charge is -2.38. The van der Waals surface area contributed by atoms with Crippen molar-refractivity contribution in [1.29, 1.82) is 0 Å². The van der Waals surface area contributed by atoms with Crippen LogP contribution >= 0.6 is 0 Å². The van der Waals surface area contributed by atoms with Crippen LogP contribution in [0.1, 0.15) is 27.7 Å². The molecule has 1 rings (SSSR count). The third-order valence-electron chi connectivity index (χ3n) is 3.89. The minimum absolute atomic E-state index is 0.0669. The van der Waals surface area contributed by atoms with Crippen molar-refractivity contribution in [3.05, 3.63) is 0 Å². The lowest BCUT2D eigenvalue weighted by Crippen LogP contribution is -2.53. The maximum absolute atomic E-state index is 12.3. The zero-order chi connectivity index (χ0) is 14.6. The van der Waals surface area contributed by atoms with Gasteiger partial charge in [-0.25, -0.2) is 0 Å². The lowest BCUT2D eigenvalue weighted by atomic mass is 9.87. The first-order valence-corrected chi connectivity index (χ1v) is 6.92. The highest BCUT2D eigenvalue weighted by molar-refractivity contribution is 6.03. The van der Waals surface area contributed by atoms with Gasteiger partial charge in [-0.15, -0.1) is 0 Å². The second kappa shape index (κ2) is 6.48. The van der Waals surface area contributed by atoms with Gasteiger partial charge in [-0.3, -0.25) is 14.5 Å². The fraction of sp³-hybridized carbons (Fsp3) is 0.857. The molecule has 1 unspecified atom stereocenters. The summed E-state index contributed by atoms with van der Waals surface area (Å²) in [6.07, 6.45) is 0. The Balaban J connectivity index is 2.57. The topological polar surface area (TPSA) is 49.9 Å². The highest BCUT2D eigenvalue weighted by Gasteiger charge is 2.38. The molecule has 1 saturated heterocycles. The normalized spacial score (nSPS) is 22.3. The van der Waals surface area contributed by atoms with E-state index in [0.29, 0.717) is 19.2 Å². The summed E-state index contributed by atoms with van der Waals surface area (Å²) in [7, 11) is 2.09. The molecule has 1 aliphatic rings. The van der Waals surface area contributed by atoms with Crippen molar-refractivity contribution in [3.8, 4) is 0 Å². The Bertz CT molecular complexity index is 342. The van der Waals surface area contributed by atoms with E-state index in [0.717, 1.165) is 19.6 Å². The van der Waals surface area contributed by atoms with Crippen molar-refractivity contribution in [2.45, 2.75) is 33.7 Å². The van der Waals surface area contributed by atoms with Crippen LogP contribution in [0.25, 0.3) is 0 Å². The number of hydrogen-bond donors (Lipinski definition) is 0. The van der Waals surface area contributed by atoms with Crippen LogP contribution in [0.2, 0.25) is 0 Å². The summed E-state index contributed by atoms with van der Waals surface area (Å²) in [5.41, 5.74) is -1.05. The molecule has 1 atom stereocenters. The van der Waals surface area contributed by atoms with E-state index < -0.39 is 11.4 Å². The number of piperazine rings is 1. The van der Waals surface area contributed by atoms with Crippen molar-refractivity contribution in [3.63, 3.8) is 0 Å². The molecule has 1 aliphatic heterocycles. The number of nitrogens with zero attached hydrogens (tertiary/aromatic N) is 2. The zero-order valence-electron chi connectivity index (χ0n) is 12.7. The summed E-state index contributed by atoms with van der Waals surface area (Å²) >= 11 is 0. The largest absolute Gasteiger partial charge is 0.465 e. The average Bonchev–Trinajstić information content (AvgIpc) is 2.34. The van der Waals surface area contributed by atoms with E-state index in [2.05, 4.69) is 23.8 Å². The second-order valence-corrected chi connectivity index (χ2v) is 5.83. The summed E-state index contributed by atoms with van der Waals surface area (Å²) < 4.78 is 4.97. The Labute approximate surface area is 115 Å². The van der Waals surface area contributed by atoms with Gasteiger partial charge in [-0.1, -0.05) is 0 Å². The number of Topliss-reactive ketones (excluding diaryl/α,β-unsaturated/α-hetero) is 1. The third kappa shape index (κ3) is 4.01. The van der Waals surface area contributed by atoms with Gasteiger partial charge >= 0.3 is 5.97 Å². The van der Waals surface area contributed by atoms with Crippen LogP contribution in [-0.4, -0.2) is 67.4 Å². The fourth-order valence-electron chi connectivity index (χ4n) is 2.09. The first-order chi connectivity index (χ1) is 8.78. The van der Waals surface area contributed by atoms with Gasteiger partial charge in [0.05, 0.1) is 13.2 Å². The lowest BCUT2D eigenvalue weighted by molar-refractivity contribution is -0.158. The van der Waals surface area contributed by atoms with E-state index >= 15 is 0 Å². The molecular formula is C14H26N2O3. The van der Waals surface area contributed by atoms with Gasteiger partial charge in [0.15, 0.2) is 5.78 Å². The second-order valence-electron chi connectivity index (χ2n) is 5.83. The SMILES string of the molecule is CCOC(=O)C(C)(C)C(=O)CN1CCN(C)C(C)C1. The Morgan fingerprint density at radius 3 is 2.47 bits per heavy atom. The fourth-order valence-corrected chi connectivity index (χ4v) is 2.09. The summed E-state index contributed by atoms with van der Waals surface area (Å²) in [6.45, 7) is 10.5. The van der Waals surface area contributed by atoms with Gasteiger partial charge in [0.2, 0.25) is 0 Å². The van der Waals surface area contributed by atoms with Gasteiger partial charge in [0, 0.05) is 25.7 Å². The van der Waals surface area contributed by atoms with Crippen molar-refractivity contribution < 1.29 is 14.3 Å². The van der Waals surface area contributed by atoms with Gasteiger partial charge in [0.1, 0.15) is 5.41 Å². The predicted octanol–water partition coefficient (Wildman–Crippen LogP) is 0.781. The van der Waals surface area contributed by atoms with Crippen LogP contribution in [0, 0.1) is 5.41 Å². The summed E-state index contributed by atoms with van der Waals surface area (Å²) in [6, 6.07) is 0.437. The smallest absolute Gasteiger partial charge is 0.319 e. The number of ether oxygens (including phenoxy) is 1. The summed E-state index contributed by atoms with van der Waals surface area (Å²) in [5.74, 6) is -0.495. The molecule has 0 aromatic carbocycles. The number of esters is 1. The predicted molar refractivity (Wildman–Crippen MR) is 74.0 cm³/mol. The van der Waals surface area contributed by atoms with Crippen LogP contribution in [0.4, 0.5) is 0 Å². The van der Waals surface area contributed by atoms with Crippen molar-refractivity contribution >= 4 is 11.8 Å². The van der Waals surface area contributed by atoms with E-state index in [1.54, 1.807) is 20.8 Å². The molecule has 0 bridgehead atoms. The van der Waals surface area contributed by atoms with Crippen molar-refractivity contribution in [2.75, 3.05) is 39.8 Å². The molecule has 1 fully saturated rings. The molecule has 0 amide bonds. The third-order valence-corrected chi connectivity index (χ3v) is 3.89. The zero-order valence-corrected chi connectivity index (χ0v) is 12.7. The molecule has 5 heteroatoms. The van der Waals surface area contributed by atoms with E-state index in [-0.39, 0.29) is 5.78 Å². The molecule has 0 saturated carbocycles. The average molecular weight is 270 g/mol. The molecule has 0 aromatic rings. The monoisotopic (exact) mass is 270 g/mol. The van der Waals surface area contributed by atoms with Gasteiger partial charge in [0.25, 0.3) is 0 Å². The Kier molecular flexibility index (Phi) is 5.50. The quantitative estimate of drug-likeness (QED) is 0.546. The number of hydrogen-bond acceptors (Lipinski definition) is 5. The molecule has 1 heterocycles. The highest BCUT2D eigenvalue weighted by atomic mass is 16.5. The van der Waals surface area contributed by atoms with Crippen LogP contribution in [0.3, 0.4) is 0 Å². The van der Waals surface area contributed by atoms with Crippen LogP contribution in [0.5, 0.6) is 0 Å². The number of rotatable bonds is 5. The molecule has 110 valence electrons. The number of carbonyl (C=O) groups excluding carboxylic acids is 2. The molecule has 0 spiro atoms. The highest BCUT2D eigenvalue weighted by Crippen LogP contribution is 2.20. The van der Waals surface area contributed by atoms with Crippen molar-refractivity contribution in [1.82, 2.24) is 9.80 Å². The van der Waals surface area contributed by atoms with Crippen molar-refractivity contribution in [2.24, 2.45) is 5.41 Å². The summed E-state index contributed by atoms with van der Waals surface area (Å²) in [5, 5.41) is 0. The van der Waals surface area contributed by atoms with Crippen LogP contribution < -0.4 is 0 Å². The molecule has 0 aliphatic carbocycles. The van der Waals surface area contributed by atoms with Crippen LogP contribution in [-0.2, 0) is 14.3 Å². The molecule has 0 N–H and O–H groups in total. The molecule has 19 heavy (non-hydrogen) atoms. The minimum atomic E-state index is -1.05. The van der Waals surface area contributed by atoms with Gasteiger partial charge in [-0.05, 0) is 34.7 Å². The van der Waals surface area contributed by atoms with E-state index in [1.165, 1.54) is 0 Å². The molecular weight excluding hydrogens is 244 g/mol. The molecule has 5 nitrogen and oxygen atoms in total. The molecule has 0 radical (unpaired) electrons. The number of likely N-dealkylation sites (N-methyl/N-ethyl adjacent to an activating group) is 1. The summed E-state index contributed by atoms with van der Waals surface area (Å²) in [4.78, 5) is 28.5. The first kappa shape index (κ1) is 16.1. The van der Waals surface area contributed by atoms with E-state index in [9.17, 15) is 9.59 Å². The number of ketones is 1. The minimum Gasteiger partial charge on any atom is -0.465 e. The Morgan fingerprint density at radius 2 is 1.95 bits per heavy atom. The molecule has 0 aromatic heterocycles. The van der Waals surface area contributed by atoms with Crippen LogP contribution in [0.15, 0.2) is 0 Å². The maximum Gasteiger partial charge on any atom is 0.319 e. The number of carbonyl (C=O) groups is 2. The Hall–Kier alpha value is -0.940. The van der Waals surface area contributed by atoms with E-state index in [1.807, 2.05) is 0 Å². The Morgan fingerprint density at radius 1 is 1.32 bits per heavy atom. The van der Waals surface area contributed by atoms with Gasteiger partial charge in [-0.2, -0.15) is 0 Å². The standard InChI is InChI=1S/C14H26N2O3/c1-6-19-13(18)14(3,4)12(17)10-16-8-7-15(5)11(2)9-16/h11H,6-10H2,1-5H3.